The first-order chi connectivity index (χ1) is 9.74. The lowest BCUT2D eigenvalue weighted by Crippen LogP contribution is -1.83. The minimum Gasteiger partial charge on any atom is -0.198 e. The molecule has 0 N–H and O–H groups in total. The molecule has 4 heteroatoms. The minimum atomic E-state index is 0.515. The normalized spacial score (nSPS) is 10.7. The molecule has 0 bridgehead atoms. The predicted octanol–water partition coefficient (Wildman–Crippen LogP) is 6.43. The van der Waals surface area contributed by atoms with Crippen LogP contribution < -0.4 is 0 Å². The third-order valence-electron chi connectivity index (χ3n) is 3.21. The molecule has 0 aliphatic carbocycles. The van der Waals surface area contributed by atoms with E-state index in [1.807, 2.05) is 0 Å². The van der Waals surface area contributed by atoms with Crippen molar-refractivity contribution in [3.63, 3.8) is 0 Å². The molecule has 0 saturated heterocycles. The largest absolute Gasteiger partial charge is 0.198 e. The van der Waals surface area contributed by atoms with Gasteiger partial charge in [-0.2, -0.15) is 5.26 Å². The highest BCUT2D eigenvalue weighted by Gasteiger charge is 2.10. The number of thiophene rings is 2. The zero-order chi connectivity index (χ0) is 14.4. The van der Waals surface area contributed by atoms with Crippen molar-refractivity contribution in [1.29, 1.82) is 5.26 Å². The number of halogens is 1. The summed E-state index contributed by atoms with van der Waals surface area (Å²) in [5.41, 5.74) is 1.43. The number of unbranched alkanes of at least 4 members (excludes halogenated alkanes) is 3. The summed E-state index contributed by atoms with van der Waals surface area (Å²) in [5.74, 6) is 0. The van der Waals surface area contributed by atoms with Crippen LogP contribution in [-0.4, -0.2) is 0 Å². The van der Waals surface area contributed by atoms with Gasteiger partial charge in [0.15, 0.2) is 0 Å². The molecule has 0 radical (unpaired) electrons. The fourth-order valence-corrected chi connectivity index (χ4v) is 4.92. The lowest BCUT2D eigenvalue weighted by molar-refractivity contribution is 0.667. The van der Waals surface area contributed by atoms with E-state index >= 15 is 0 Å². The van der Waals surface area contributed by atoms with Crippen molar-refractivity contribution in [2.75, 3.05) is 0 Å². The van der Waals surface area contributed by atoms with Gasteiger partial charge in [-0.3, -0.25) is 0 Å². The summed E-state index contributed by atoms with van der Waals surface area (Å²) in [5, 5.41) is 8.74. The molecule has 2 heterocycles. The van der Waals surface area contributed by atoms with Gasteiger partial charge in [0, 0.05) is 14.6 Å². The molecule has 0 saturated carbocycles. The fourth-order valence-electron chi connectivity index (χ4n) is 2.12. The van der Waals surface area contributed by atoms with Crippen LogP contribution in [-0.2, 0) is 12.8 Å². The highest BCUT2D eigenvalue weighted by Crippen LogP contribution is 2.39. The number of hydrogen-bond acceptors (Lipinski definition) is 3. The average Bonchev–Trinajstić information content (AvgIpc) is 3.03. The van der Waals surface area contributed by atoms with E-state index in [0.717, 1.165) is 11.3 Å². The Bertz CT molecular complexity index is 592. The Labute approximate surface area is 137 Å². The topological polar surface area (TPSA) is 23.8 Å². The van der Waals surface area contributed by atoms with Crippen LogP contribution in [0.2, 0.25) is 0 Å². The van der Waals surface area contributed by atoms with Crippen molar-refractivity contribution in [3.05, 3.63) is 32.4 Å². The van der Waals surface area contributed by atoms with E-state index in [0.29, 0.717) is 6.42 Å². The van der Waals surface area contributed by atoms with Crippen LogP contribution in [0.15, 0.2) is 22.0 Å². The van der Waals surface area contributed by atoms with Gasteiger partial charge in [0.1, 0.15) is 0 Å². The third kappa shape index (κ3) is 4.18. The van der Waals surface area contributed by atoms with E-state index in [1.165, 1.54) is 44.8 Å². The van der Waals surface area contributed by atoms with Crippen molar-refractivity contribution in [2.45, 2.75) is 45.4 Å². The molecule has 0 aliphatic rings. The molecule has 2 aromatic heterocycles. The van der Waals surface area contributed by atoms with Gasteiger partial charge in [0.25, 0.3) is 0 Å². The Morgan fingerprint density at radius 1 is 1.15 bits per heavy atom. The van der Waals surface area contributed by atoms with Gasteiger partial charge in [0.2, 0.25) is 0 Å². The molecule has 0 unspecified atom stereocenters. The Kier molecular flexibility index (Phi) is 6.28. The van der Waals surface area contributed by atoms with Crippen LogP contribution in [0.1, 0.15) is 43.0 Å². The van der Waals surface area contributed by atoms with Gasteiger partial charge < -0.3 is 0 Å². The molecule has 2 aromatic rings. The maximum atomic E-state index is 8.74. The van der Waals surface area contributed by atoms with Crippen LogP contribution in [0.25, 0.3) is 9.75 Å². The summed E-state index contributed by atoms with van der Waals surface area (Å²) >= 11 is 7.23. The number of hydrogen-bond donors (Lipinski definition) is 0. The SMILES string of the molecule is CCCCCCc1cc(-c2ccc(CC#N)s2)sc1Br. The Hall–Kier alpha value is -0.630. The van der Waals surface area contributed by atoms with Crippen molar-refractivity contribution >= 4 is 38.6 Å². The molecule has 106 valence electrons. The van der Waals surface area contributed by atoms with Crippen molar-refractivity contribution in [2.24, 2.45) is 0 Å². The minimum absolute atomic E-state index is 0.515. The number of nitriles is 1. The van der Waals surface area contributed by atoms with Crippen LogP contribution in [0.4, 0.5) is 0 Å². The Morgan fingerprint density at radius 3 is 2.75 bits per heavy atom. The van der Waals surface area contributed by atoms with Crippen LogP contribution in [0, 0.1) is 11.3 Å². The third-order valence-corrected chi connectivity index (χ3v) is 6.46. The van der Waals surface area contributed by atoms with Gasteiger partial charge in [-0.1, -0.05) is 26.2 Å². The van der Waals surface area contributed by atoms with Crippen molar-refractivity contribution in [3.8, 4) is 15.8 Å². The molecule has 0 atom stereocenters. The summed E-state index contributed by atoms with van der Waals surface area (Å²) < 4.78 is 1.26. The number of nitrogens with zero attached hydrogens (tertiary/aromatic N) is 1. The lowest BCUT2D eigenvalue weighted by atomic mass is 10.1. The second kappa shape index (κ2) is 7.97. The van der Waals surface area contributed by atoms with Gasteiger partial charge >= 0.3 is 0 Å². The second-order valence-corrected chi connectivity index (χ2v) is 8.36. The van der Waals surface area contributed by atoms with E-state index in [2.05, 4.69) is 47.1 Å². The molecular formula is C16H18BrNS2. The van der Waals surface area contributed by atoms with E-state index in [4.69, 9.17) is 5.26 Å². The van der Waals surface area contributed by atoms with Crippen LogP contribution in [0.5, 0.6) is 0 Å². The van der Waals surface area contributed by atoms with E-state index in [1.54, 1.807) is 22.7 Å². The van der Waals surface area contributed by atoms with Crippen molar-refractivity contribution < 1.29 is 0 Å². The van der Waals surface area contributed by atoms with Gasteiger partial charge in [-0.05, 0) is 52.5 Å². The first-order valence-corrected chi connectivity index (χ1v) is 9.41. The van der Waals surface area contributed by atoms with E-state index in [-0.39, 0.29) is 0 Å². The molecule has 0 fully saturated rings. The van der Waals surface area contributed by atoms with Gasteiger partial charge in [-0.25, -0.2) is 0 Å². The second-order valence-electron chi connectivity index (χ2n) is 4.82. The molecule has 0 amide bonds. The molecular weight excluding hydrogens is 350 g/mol. The first kappa shape index (κ1) is 15.8. The highest BCUT2D eigenvalue weighted by atomic mass is 79.9. The number of aryl methyl sites for hydroxylation is 1. The Balaban J connectivity index is 2.04. The van der Waals surface area contributed by atoms with Crippen LogP contribution in [0.3, 0.4) is 0 Å². The van der Waals surface area contributed by atoms with Crippen molar-refractivity contribution in [1.82, 2.24) is 0 Å². The molecule has 0 aliphatic heterocycles. The smallest absolute Gasteiger partial charge is 0.0737 e. The maximum absolute atomic E-state index is 8.74. The summed E-state index contributed by atoms with van der Waals surface area (Å²) in [4.78, 5) is 3.74. The highest BCUT2D eigenvalue weighted by molar-refractivity contribution is 9.11. The Morgan fingerprint density at radius 2 is 2.00 bits per heavy atom. The molecule has 0 aromatic carbocycles. The first-order valence-electron chi connectivity index (χ1n) is 6.98. The molecule has 1 nitrogen and oxygen atoms in total. The fraction of sp³-hybridized carbons (Fsp3) is 0.438. The average molecular weight is 368 g/mol. The zero-order valence-electron chi connectivity index (χ0n) is 11.6. The monoisotopic (exact) mass is 367 g/mol. The summed E-state index contributed by atoms with van der Waals surface area (Å²) in [6.07, 6.45) is 6.88. The summed E-state index contributed by atoms with van der Waals surface area (Å²) in [6.45, 7) is 2.24. The lowest BCUT2D eigenvalue weighted by Gasteiger charge is -1.98. The predicted molar refractivity (Wildman–Crippen MR) is 92.5 cm³/mol. The summed E-state index contributed by atoms with van der Waals surface area (Å²) in [7, 11) is 0. The molecule has 2 rings (SSSR count). The maximum Gasteiger partial charge on any atom is 0.0737 e. The van der Waals surface area contributed by atoms with E-state index < -0.39 is 0 Å². The standard InChI is InChI=1S/C16H18BrNS2/c1-2-3-4-5-6-12-11-15(20-16(12)17)14-8-7-13(19-14)9-10-18/h7-8,11H,2-6,9H2,1H3. The zero-order valence-corrected chi connectivity index (χ0v) is 14.8. The van der Waals surface area contributed by atoms with E-state index in [9.17, 15) is 0 Å². The molecule has 0 spiro atoms. The summed E-state index contributed by atoms with van der Waals surface area (Å²) in [6, 6.07) is 8.72. The quantitative estimate of drug-likeness (QED) is 0.517. The van der Waals surface area contributed by atoms with Gasteiger partial charge in [0.05, 0.1) is 16.3 Å². The van der Waals surface area contributed by atoms with Crippen LogP contribution >= 0.6 is 38.6 Å². The van der Waals surface area contributed by atoms with Gasteiger partial charge in [-0.15, -0.1) is 22.7 Å². The number of rotatable bonds is 7. The molecule has 20 heavy (non-hydrogen) atoms.